The molecule has 0 bridgehead atoms. The molecule has 1 saturated carbocycles. The highest BCUT2D eigenvalue weighted by atomic mass is 32.2. The molecule has 1 heterocycles. The third-order valence-electron chi connectivity index (χ3n) is 3.73. The average molecular weight is 307 g/mol. The fourth-order valence-electron chi connectivity index (χ4n) is 2.29. The van der Waals surface area contributed by atoms with Gasteiger partial charge in [-0.2, -0.15) is 4.31 Å². The SMILES string of the molecule is CCN(CC1CCC1)S(=O)(=O)c1cncc(C#CCN)c1. The van der Waals surface area contributed by atoms with Crippen LogP contribution in [0.5, 0.6) is 0 Å². The van der Waals surface area contributed by atoms with Crippen LogP contribution in [0.4, 0.5) is 0 Å². The Morgan fingerprint density at radius 2 is 2.19 bits per heavy atom. The first-order chi connectivity index (χ1) is 10.1. The zero-order valence-corrected chi connectivity index (χ0v) is 13.1. The van der Waals surface area contributed by atoms with Gasteiger partial charge in [0.15, 0.2) is 0 Å². The summed E-state index contributed by atoms with van der Waals surface area (Å²) in [6.07, 6.45) is 6.36. The van der Waals surface area contributed by atoms with Crippen LogP contribution in [0, 0.1) is 17.8 Å². The topological polar surface area (TPSA) is 76.3 Å². The van der Waals surface area contributed by atoms with Gasteiger partial charge in [-0.05, 0) is 24.8 Å². The molecule has 0 atom stereocenters. The van der Waals surface area contributed by atoms with Gasteiger partial charge in [-0.1, -0.05) is 25.2 Å². The van der Waals surface area contributed by atoms with Gasteiger partial charge in [-0.3, -0.25) is 4.98 Å². The Hall–Kier alpha value is -1.42. The molecule has 2 rings (SSSR count). The molecule has 0 amide bonds. The van der Waals surface area contributed by atoms with E-state index in [1.807, 2.05) is 6.92 Å². The Balaban J connectivity index is 2.24. The molecule has 1 aliphatic carbocycles. The third kappa shape index (κ3) is 3.82. The molecule has 1 aromatic heterocycles. The Morgan fingerprint density at radius 1 is 1.43 bits per heavy atom. The fraction of sp³-hybridized carbons (Fsp3) is 0.533. The molecule has 1 aromatic rings. The molecular weight excluding hydrogens is 286 g/mol. The molecule has 0 unspecified atom stereocenters. The lowest BCUT2D eigenvalue weighted by Gasteiger charge is -2.31. The number of sulfonamides is 1. The Morgan fingerprint density at radius 3 is 2.76 bits per heavy atom. The Labute approximate surface area is 126 Å². The Kier molecular flexibility index (Phi) is 5.34. The van der Waals surface area contributed by atoms with E-state index >= 15 is 0 Å². The Bertz CT molecular complexity index is 642. The monoisotopic (exact) mass is 307 g/mol. The summed E-state index contributed by atoms with van der Waals surface area (Å²) in [4.78, 5) is 4.19. The van der Waals surface area contributed by atoms with E-state index in [1.165, 1.54) is 16.9 Å². The summed E-state index contributed by atoms with van der Waals surface area (Å²) >= 11 is 0. The number of nitrogens with zero attached hydrogens (tertiary/aromatic N) is 2. The smallest absolute Gasteiger partial charge is 0.244 e. The first kappa shape index (κ1) is 16.0. The maximum atomic E-state index is 12.7. The maximum absolute atomic E-state index is 12.7. The lowest BCUT2D eigenvalue weighted by atomic mass is 9.85. The largest absolute Gasteiger partial charge is 0.320 e. The molecule has 1 aliphatic rings. The average Bonchev–Trinajstić information content (AvgIpc) is 2.44. The van der Waals surface area contributed by atoms with Gasteiger partial charge >= 0.3 is 0 Å². The van der Waals surface area contributed by atoms with Crippen molar-refractivity contribution in [2.75, 3.05) is 19.6 Å². The molecule has 0 saturated heterocycles. The predicted molar refractivity (Wildman–Crippen MR) is 81.9 cm³/mol. The minimum Gasteiger partial charge on any atom is -0.320 e. The molecule has 0 radical (unpaired) electrons. The molecule has 114 valence electrons. The van der Waals surface area contributed by atoms with Crippen molar-refractivity contribution in [1.82, 2.24) is 9.29 Å². The molecule has 1 fully saturated rings. The molecule has 21 heavy (non-hydrogen) atoms. The van der Waals surface area contributed by atoms with Crippen LogP contribution in [0.15, 0.2) is 23.4 Å². The van der Waals surface area contributed by atoms with Crippen molar-refractivity contribution < 1.29 is 8.42 Å². The highest BCUT2D eigenvalue weighted by Crippen LogP contribution is 2.29. The second-order valence-corrected chi connectivity index (χ2v) is 7.11. The second-order valence-electron chi connectivity index (χ2n) is 5.17. The van der Waals surface area contributed by atoms with E-state index in [4.69, 9.17) is 5.73 Å². The molecule has 0 aromatic carbocycles. The summed E-state index contributed by atoms with van der Waals surface area (Å²) in [5, 5.41) is 0. The van der Waals surface area contributed by atoms with E-state index in [-0.39, 0.29) is 11.4 Å². The normalized spacial score (nSPS) is 15.4. The van der Waals surface area contributed by atoms with Crippen LogP contribution in [0.25, 0.3) is 0 Å². The first-order valence-electron chi connectivity index (χ1n) is 7.22. The maximum Gasteiger partial charge on any atom is 0.244 e. The summed E-state index contributed by atoms with van der Waals surface area (Å²) < 4.78 is 26.9. The number of aromatic nitrogens is 1. The van der Waals surface area contributed by atoms with Gasteiger partial charge in [0.05, 0.1) is 6.54 Å². The molecular formula is C15H21N3O2S. The van der Waals surface area contributed by atoms with E-state index in [2.05, 4.69) is 16.8 Å². The predicted octanol–water partition coefficient (Wildman–Crippen LogP) is 1.20. The first-order valence-corrected chi connectivity index (χ1v) is 8.66. The molecule has 5 nitrogen and oxygen atoms in total. The summed E-state index contributed by atoms with van der Waals surface area (Å²) in [7, 11) is -3.50. The highest BCUT2D eigenvalue weighted by Gasteiger charge is 2.28. The lowest BCUT2D eigenvalue weighted by Crippen LogP contribution is -2.37. The summed E-state index contributed by atoms with van der Waals surface area (Å²) in [5.74, 6) is 6.02. The van der Waals surface area contributed by atoms with E-state index in [1.54, 1.807) is 12.3 Å². The summed E-state index contributed by atoms with van der Waals surface area (Å²) in [6.45, 7) is 3.16. The van der Waals surface area contributed by atoms with Crippen LogP contribution in [0.2, 0.25) is 0 Å². The van der Waals surface area contributed by atoms with E-state index in [9.17, 15) is 8.42 Å². The fourth-order valence-corrected chi connectivity index (χ4v) is 3.81. The van der Waals surface area contributed by atoms with Crippen molar-refractivity contribution in [2.45, 2.75) is 31.1 Å². The van der Waals surface area contributed by atoms with Gasteiger partial charge in [-0.25, -0.2) is 8.42 Å². The van der Waals surface area contributed by atoms with Gasteiger partial charge in [0.2, 0.25) is 10.0 Å². The van der Waals surface area contributed by atoms with Crippen LogP contribution in [-0.4, -0.2) is 37.3 Å². The number of rotatable bonds is 5. The van der Waals surface area contributed by atoms with Crippen LogP contribution in [0.1, 0.15) is 31.7 Å². The number of hydrogen-bond donors (Lipinski definition) is 1. The van der Waals surface area contributed by atoms with Gasteiger partial charge < -0.3 is 5.73 Å². The zero-order valence-electron chi connectivity index (χ0n) is 12.2. The van der Waals surface area contributed by atoms with Crippen molar-refractivity contribution in [3.63, 3.8) is 0 Å². The van der Waals surface area contributed by atoms with E-state index in [0.717, 1.165) is 12.8 Å². The van der Waals surface area contributed by atoms with Gasteiger partial charge in [0.25, 0.3) is 0 Å². The third-order valence-corrected chi connectivity index (χ3v) is 5.63. The zero-order chi connectivity index (χ0) is 15.3. The van der Waals surface area contributed by atoms with Crippen LogP contribution >= 0.6 is 0 Å². The minimum absolute atomic E-state index is 0.201. The number of nitrogens with two attached hydrogens (primary N) is 1. The number of pyridine rings is 1. The highest BCUT2D eigenvalue weighted by molar-refractivity contribution is 7.89. The lowest BCUT2D eigenvalue weighted by molar-refractivity contribution is 0.250. The van der Waals surface area contributed by atoms with Gasteiger partial charge in [0.1, 0.15) is 4.90 Å². The van der Waals surface area contributed by atoms with Crippen LogP contribution < -0.4 is 5.73 Å². The van der Waals surface area contributed by atoms with Gasteiger partial charge in [0, 0.05) is 31.0 Å². The molecule has 6 heteroatoms. The van der Waals surface area contributed by atoms with Crippen LogP contribution in [-0.2, 0) is 10.0 Å². The van der Waals surface area contributed by atoms with Crippen molar-refractivity contribution in [3.05, 3.63) is 24.0 Å². The number of hydrogen-bond acceptors (Lipinski definition) is 4. The molecule has 0 spiro atoms. The van der Waals surface area contributed by atoms with E-state index in [0.29, 0.717) is 24.6 Å². The molecule has 2 N–H and O–H groups in total. The standard InChI is InChI=1S/C15H21N3O2S/c1-2-18(12-13-5-3-6-13)21(19,20)15-9-14(7-4-8-16)10-17-11-15/h9-11,13H,2-3,5-6,8,12,16H2,1H3. The molecule has 0 aliphatic heterocycles. The summed E-state index contributed by atoms with van der Waals surface area (Å²) in [5.41, 5.74) is 5.90. The van der Waals surface area contributed by atoms with E-state index < -0.39 is 10.0 Å². The quantitative estimate of drug-likeness (QED) is 0.829. The van der Waals surface area contributed by atoms with Crippen molar-refractivity contribution >= 4 is 10.0 Å². The van der Waals surface area contributed by atoms with Crippen molar-refractivity contribution in [1.29, 1.82) is 0 Å². The van der Waals surface area contributed by atoms with Crippen molar-refractivity contribution in [2.24, 2.45) is 11.7 Å². The summed E-state index contributed by atoms with van der Waals surface area (Å²) in [6, 6.07) is 1.56. The second kappa shape index (κ2) is 7.03. The van der Waals surface area contributed by atoms with Gasteiger partial charge in [-0.15, -0.1) is 0 Å². The van der Waals surface area contributed by atoms with Crippen molar-refractivity contribution in [3.8, 4) is 11.8 Å². The minimum atomic E-state index is -3.50. The van der Waals surface area contributed by atoms with Crippen LogP contribution in [0.3, 0.4) is 0 Å².